The quantitative estimate of drug-likeness (QED) is 0.788. The maximum atomic E-state index is 12.0. The van der Waals surface area contributed by atoms with Crippen molar-refractivity contribution in [3.05, 3.63) is 23.8 Å². The van der Waals surface area contributed by atoms with Gasteiger partial charge in [0.25, 0.3) is 0 Å². The van der Waals surface area contributed by atoms with E-state index >= 15 is 0 Å². The number of amides is 1. The van der Waals surface area contributed by atoms with Crippen LogP contribution in [0.25, 0.3) is 0 Å². The maximum Gasteiger partial charge on any atom is 0.227 e. The van der Waals surface area contributed by atoms with E-state index in [2.05, 4.69) is 38.3 Å². The normalized spacial score (nSPS) is 14.8. The highest BCUT2D eigenvalue weighted by Gasteiger charge is 2.23. The minimum Gasteiger partial charge on any atom is -0.359 e. The summed E-state index contributed by atoms with van der Waals surface area (Å²) >= 11 is 5.48. The first-order valence-corrected chi connectivity index (χ1v) is 9.19. The van der Waals surface area contributed by atoms with E-state index in [9.17, 15) is 4.79 Å². The van der Waals surface area contributed by atoms with Crippen LogP contribution >= 0.6 is 12.2 Å². The van der Waals surface area contributed by atoms with Gasteiger partial charge in [0, 0.05) is 30.4 Å². The minimum absolute atomic E-state index is 0.204. The molecule has 2 N–H and O–H groups in total. The molecule has 0 radical (unpaired) electrons. The van der Waals surface area contributed by atoms with E-state index in [1.807, 2.05) is 30.0 Å². The number of thiocarbonyl (C=S) groups is 1. The van der Waals surface area contributed by atoms with Gasteiger partial charge in [-0.3, -0.25) is 4.79 Å². The zero-order valence-corrected chi connectivity index (χ0v) is 16.2. The summed E-state index contributed by atoms with van der Waals surface area (Å²) in [5.41, 5.74) is 3.01. The Kier molecular flexibility index (Phi) is 6.21. The van der Waals surface area contributed by atoms with Gasteiger partial charge in [-0.05, 0) is 55.1 Å². The molecule has 1 aliphatic rings. The molecule has 0 atom stereocenters. The van der Waals surface area contributed by atoms with Gasteiger partial charge in [-0.2, -0.15) is 0 Å². The summed E-state index contributed by atoms with van der Waals surface area (Å²) in [6.07, 6.45) is 1.57. The number of nitrogens with one attached hydrogen (secondary N) is 2. The fourth-order valence-corrected chi connectivity index (χ4v) is 3.56. The summed E-state index contributed by atoms with van der Waals surface area (Å²) < 4.78 is 0. The highest BCUT2D eigenvalue weighted by Crippen LogP contribution is 2.28. The first kappa shape index (κ1) is 18.7. The molecule has 1 heterocycles. The molecule has 5 heteroatoms. The molecule has 0 aliphatic carbocycles. The standard InChI is InChI=1S/C19H29N3OS/c1-12(2)18(13(3)4)21-19(24)20-15-9-8-14(5)16(11-15)22-10-6-7-17(22)23/h8-9,11-13,18H,6-7,10H2,1-5H3,(H2,20,21,24). The van der Waals surface area contributed by atoms with Crippen molar-refractivity contribution in [2.24, 2.45) is 11.8 Å². The Morgan fingerprint density at radius 2 is 1.88 bits per heavy atom. The van der Waals surface area contributed by atoms with Gasteiger partial charge in [-0.25, -0.2) is 0 Å². The first-order valence-electron chi connectivity index (χ1n) is 8.78. The van der Waals surface area contributed by atoms with Crippen molar-refractivity contribution in [2.75, 3.05) is 16.8 Å². The van der Waals surface area contributed by atoms with E-state index in [4.69, 9.17) is 12.2 Å². The number of hydrogen-bond acceptors (Lipinski definition) is 2. The Morgan fingerprint density at radius 3 is 2.42 bits per heavy atom. The van der Waals surface area contributed by atoms with Crippen molar-refractivity contribution in [2.45, 2.75) is 53.5 Å². The lowest BCUT2D eigenvalue weighted by Gasteiger charge is -2.28. The molecule has 24 heavy (non-hydrogen) atoms. The van der Waals surface area contributed by atoms with Crippen LogP contribution in [0.4, 0.5) is 11.4 Å². The second kappa shape index (κ2) is 7.97. The van der Waals surface area contributed by atoms with Crippen LogP contribution in [-0.2, 0) is 4.79 Å². The second-order valence-corrected chi connectivity index (χ2v) is 7.67. The Labute approximate surface area is 151 Å². The summed E-state index contributed by atoms with van der Waals surface area (Å²) in [6, 6.07) is 6.39. The van der Waals surface area contributed by atoms with Crippen LogP contribution < -0.4 is 15.5 Å². The molecular weight excluding hydrogens is 318 g/mol. The summed E-state index contributed by atoms with van der Waals surface area (Å²) in [6.45, 7) is 11.6. The van der Waals surface area contributed by atoms with Gasteiger partial charge in [0.15, 0.2) is 5.11 Å². The molecule has 0 bridgehead atoms. The molecule has 4 nitrogen and oxygen atoms in total. The van der Waals surface area contributed by atoms with Crippen LogP contribution in [0.2, 0.25) is 0 Å². The van der Waals surface area contributed by atoms with Crippen molar-refractivity contribution >= 4 is 34.6 Å². The fraction of sp³-hybridized carbons (Fsp3) is 0.579. The molecule has 1 aromatic rings. The average Bonchev–Trinajstić information content (AvgIpc) is 2.92. The number of nitrogens with zero attached hydrogens (tertiary/aromatic N) is 1. The van der Waals surface area contributed by atoms with Gasteiger partial charge in [0.1, 0.15) is 0 Å². The minimum atomic E-state index is 0.204. The predicted octanol–water partition coefficient (Wildman–Crippen LogP) is 4.09. The van der Waals surface area contributed by atoms with Crippen molar-refractivity contribution in [3.8, 4) is 0 Å². The van der Waals surface area contributed by atoms with Crippen molar-refractivity contribution in [1.82, 2.24) is 5.32 Å². The van der Waals surface area contributed by atoms with Crippen LogP contribution in [0.15, 0.2) is 18.2 Å². The number of rotatable bonds is 5. The molecule has 0 aromatic heterocycles. The lowest BCUT2D eigenvalue weighted by atomic mass is 9.93. The van der Waals surface area contributed by atoms with Crippen molar-refractivity contribution in [3.63, 3.8) is 0 Å². The Hall–Kier alpha value is -1.62. The van der Waals surface area contributed by atoms with Gasteiger partial charge in [-0.15, -0.1) is 0 Å². The molecule has 1 aliphatic heterocycles. The molecule has 132 valence electrons. The summed E-state index contributed by atoms with van der Waals surface area (Å²) in [5, 5.41) is 7.32. The molecule has 1 fully saturated rings. The molecule has 0 unspecified atom stereocenters. The topological polar surface area (TPSA) is 44.4 Å². The lowest BCUT2D eigenvalue weighted by molar-refractivity contribution is -0.117. The number of hydrogen-bond donors (Lipinski definition) is 2. The van der Waals surface area contributed by atoms with Gasteiger partial charge in [0.2, 0.25) is 5.91 Å². The highest BCUT2D eigenvalue weighted by atomic mass is 32.1. The molecule has 0 saturated carbocycles. The van der Waals surface area contributed by atoms with Crippen LogP contribution in [0.5, 0.6) is 0 Å². The van der Waals surface area contributed by atoms with E-state index in [1.54, 1.807) is 0 Å². The Balaban J connectivity index is 2.10. The predicted molar refractivity (Wildman–Crippen MR) is 106 cm³/mol. The monoisotopic (exact) mass is 347 g/mol. The van der Waals surface area contributed by atoms with Gasteiger partial charge < -0.3 is 15.5 Å². The Morgan fingerprint density at radius 1 is 1.21 bits per heavy atom. The van der Waals surface area contributed by atoms with Crippen LogP contribution in [0, 0.1) is 18.8 Å². The number of carbonyl (C=O) groups is 1. The summed E-state index contributed by atoms with van der Waals surface area (Å²) in [5.74, 6) is 1.21. The third-order valence-corrected chi connectivity index (χ3v) is 4.79. The lowest BCUT2D eigenvalue weighted by Crippen LogP contribution is -2.44. The van der Waals surface area contributed by atoms with Crippen LogP contribution in [-0.4, -0.2) is 23.6 Å². The van der Waals surface area contributed by atoms with Crippen molar-refractivity contribution in [1.29, 1.82) is 0 Å². The third kappa shape index (κ3) is 4.47. The molecule has 0 spiro atoms. The molecule has 1 amide bonds. The van der Waals surface area contributed by atoms with E-state index in [0.29, 0.717) is 29.4 Å². The number of aryl methyl sites for hydroxylation is 1. The number of anilines is 2. The smallest absolute Gasteiger partial charge is 0.227 e. The second-order valence-electron chi connectivity index (χ2n) is 7.26. The van der Waals surface area contributed by atoms with Crippen molar-refractivity contribution < 1.29 is 4.79 Å². The average molecular weight is 348 g/mol. The molecule has 2 rings (SSSR count). The van der Waals surface area contributed by atoms with Gasteiger partial charge in [0.05, 0.1) is 0 Å². The summed E-state index contributed by atoms with van der Waals surface area (Å²) in [4.78, 5) is 13.9. The zero-order chi connectivity index (χ0) is 17.9. The third-order valence-electron chi connectivity index (χ3n) is 4.57. The molecule has 1 aromatic carbocycles. The largest absolute Gasteiger partial charge is 0.359 e. The highest BCUT2D eigenvalue weighted by molar-refractivity contribution is 7.80. The number of carbonyl (C=O) groups excluding carboxylic acids is 1. The SMILES string of the molecule is Cc1ccc(NC(=S)NC(C(C)C)C(C)C)cc1N1CCCC1=O. The first-order chi connectivity index (χ1) is 11.3. The van der Waals surface area contributed by atoms with E-state index in [0.717, 1.165) is 29.9 Å². The van der Waals surface area contributed by atoms with Gasteiger partial charge >= 0.3 is 0 Å². The maximum absolute atomic E-state index is 12.0. The number of benzene rings is 1. The van der Waals surface area contributed by atoms with E-state index in [1.165, 1.54) is 0 Å². The Bertz CT molecular complexity index is 605. The van der Waals surface area contributed by atoms with Crippen LogP contribution in [0.1, 0.15) is 46.1 Å². The van der Waals surface area contributed by atoms with Gasteiger partial charge in [-0.1, -0.05) is 33.8 Å². The fourth-order valence-electron chi connectivity index (χ4n) is 3.30. The van der Waals surface area contributed by atoms with E-state index in [-0.39, 0.29) is 5.91 Å². The van der Waals surface area contributed by atoms with E-state index < -0.39 is 0 Å². The molecular formula is C19H29N3OS. The van der Waals surface area contributed by atoms with Crippen LogP contribution in [0.3, 0.4) is 0 Å². The molecule has 1 saturated heterocycles. The summed E-state index contributed by atoms with van der Waals surface area (Å²) in [7, 11) is 0. The zero-order valence-electron chi connectivity index (χ0n) is 15.3.